The second-order valence-electron chi connectivity index (χ2n) is 8.77. The molecule has 0 aliphatic carbocycles. The van der Waals surface area contributed by atoms with Gasteiger partial charge in [0.05, 0.1) is 24.5 Å². The fraction of sp³-hybridized carbons (Fsp3) is 0.500. The zero-order valence-electron chi connectivity index (χ0n) is 17.4. The number of ether oxygens (including phenoxy) is 1. The van der Waals surface area contributed by atoms with Crippen molar-refractivity contribution in [2.24, 2.45) is 11.8 Å². The van der Waals surface area contributed by atoms with Gasteiger partial charge in [0.15, 0.2) is 0 Å². The van der Waals surface area contributed by atoms with E-state index in [0.717, 1.165) is 31.2 Å². The number of fused-ring (bicyclic) bond motifs is 2. The van der Waals surface area contributed by atoms with Gasteiger partial charge in [0.25, 0.3) is 0 Å². The molecule has 2 bridgehead atoms. The van der Waals surface area contributed by atoms with Crippen molar-refractivity contribution in [1.29, 1.82) is 0 Å². The lowest BCUT2D eigenvalue weighted by Gasteiger charge is -2.23. The summed E-state index contributed by atoms with van der Waals surface area (Å²) in [4.78, 5) is 31.4. The first-order valence-electron chi connectivity index (χ1n) is 11.1. The van der Waals surface area contributed by atoms with Crippen molar-refractivity contribution in [3.63, 3.8) is 0 Å². The Labute approximate surface area is 176 Å². The van der Waals surface area contributed by atoms with Gasteiger partial charge in [-0.25, -0.2) is 0 Å². The Hall–Kier alpha value is -2.60. The van der Waals surface area contributed by atoms with Crippen molar-refractivity contribution < 1.29 is 14.3 Å². The number of H-pyrrole nitrogens is 1. The summed E-state index contributed by atoms with van der Waals surface area (Å²) in [5, 5.41) is 4.23. The summed E-state index contributed by atoms with van der Waals surface area (Å²) in [6.07, 6.45) is 9.70. The van der Waals surface area contributed by atoms with Gasteiger partial charge in [-0.05, 0) is 24.5 Å². The van der Waals surface area contributed by atoms with E-state index in [1.807, 2.05) is 35.4 Å². The van der Waals surface area contributed by atoms with Crippen molar-refractivity contribution in [1.82, 2.24) is 15.2 Å². The van der Waals surface area contributed by atoms with Crippen LogP contribution in [0.1, 0.15) is 31.7 Å². The minimum absolute atomic E-state index is 0.0424. The number of aromatic amines is 1. The van der Waals surface area contributed by atoms with E-state index >= 15 is 0 Å². The number of carbonyl (C=O) groups is 2. The number of nitrogens with one attached hydrogen (secondary N) is 2. The Balaban J connectivity index is 1.27. The predicted octanol–water partition coefficient (Wildman–Crippen LogP) is 2.80. The highest BCUT2D eigenvalue weighted by atomic mass is 16.5. The van der Waals surface area contributed by atoms with Crippen LogP contribution in [0.2, 0.25) is 0 Å². The van der Waals surface area contributed by atoms with Gasteiger partial charge in [-0.15, -0.1) is 0 Å². The van der Waals surface area contributed by atoms with Crippen LogP contribution in [0, 0.1) is 11.8 Å². The Morgan fingerprint density at radius 3 is 3.07 bits per heavy atom. The monoisotopic (exact) mass is 407 g/mol. The molecule has 0 saturated carbocycles. The van der Waals surface area contributed by atoms with Crippen LogP contribution in [0.15, 0.2) is 42.6 Å². The average molecular weight is 408 g/mol. The molecule has 6 nitrogen and oxygen atoms in total. The summed E-state index contributed by atoms with van der Waals surface area (Å²) in [6.45, 7) is 3.97. The number of nitrogens with zero attached hydrogens (tertiary/aromatic N) is 1. The molecular weight excluding hydrogens is 378 g/mol. The number of carbonyl (C=O) groups excluding carboxylic acids is 2. The summed E-state index contributed by atoms with van der Waals surface area (Å²) in [7, 11) is 0. The van der Waals surface area contributed by atoms with Crippen molar-refractivity contribution in [2.75, 3.05) is 19.6 Å². The van der Waals surface area contributed by atoms with Crippen molar-refractivity contribution in [2.45, 2.75) is 44.3 Å². The summed E-state index contributed by atoms with van der Waals surface area (Å²) in [5.74, 6) is -0.807. The van der Waals surface area contributed by atoms with E-state index in [-0.39, 0.29) is 17.9 Å². The number of hydrogen-bond acceptors (Lipinski definition) is 3. The van der Waals surface area contributed by atoms with Gasteiger partial charge in [0.1, 0.15) is 5.60 Å². The summed E-state index contributed by atoms with van der Waals surface area (Å²) in [5.41, 5.74) is 1.69. The Morgan fingerprint density at radius 1 is 1.33 bits per heavy atom. The van der Waals surface area contributed by atoms with Crippen LogP contribution < -0.4 is 5.32 Å². The van der Waals surface area contributed by atoms with Crippen LogP contribution in [0.3, 0.4) is 0 Å². The van der Waals surface area contributed by atoms with Gasteiger partial charge < -0.3 is 19.9 Å². The summed E-state index contributed by atoms with van der Waals surface area (Å²) >= 11 is 0. The number of likely N-dealkylation sites (tertiary alicyclic amines) is 1. The maximum absolute atomic E-state index is 13.3. The highest BCUT2D eigenvalue weighted by Gasteiger charge is 2.66. The summed E-state index contributed by atoms with van der Waals surface area (Å²) < 4.78 is 6.21. The molecule has 2 amide bonds. The molecule has 1 aromatic heterocycles. The van der Waals surface area contributed by atoms with Crippen molar-refractivity contribution >= 4 is 22.7 Å². The van der Waals surface area contributed by atoms with E-state index in [2.05, 4.69) is 29.4 Å². The van der Waals surface area contributed by atoms with E-state index in [1.54, 1.807) is 0 Å². The van der Waals surface area contributed by atoms with Gasteiger partial charge in [-0.1, -0.05) is 50.1 Å². The molecule has 4 atom stereocenters. The molecule has 0 unspecified atom stereocenters. The topological polar surface area (TPSA) is 74.4 Å². The third kappa shape index (κ3) is 3.05. The molecule has 3 aliphatic rings. The van der Waals surface area contributed by atoms with E-state index < -0.39 is 17.4 Å². The SMILES string of the molecule is CCCCCNC(=O)[C@@H]1[C@H]2C=C[C@]3(CN(CCc4c[nH]c5ccccc45)C(=O)[C@@H]13)O2. The van der Waals surface area contributed by atoms with E-state index in [9.17, 15) is 9.59 Å². The predicted molar refractivity (Wildman–Crippen MR) is 115 cm³/mol. The fourth-order valence-corrected chi connectivity index (χ4v) is 5.37. The molecule has 30 heavy (non-hydrogen) atoms. The molecule has 2 saturated heterocycles. The lowest BCUT2D eigenvalue weighted by Crippen LogP contribution is -2.44. The first kappa shape index (κ1) is 19.4. The zero-order valence-corrected chi connectivity index (χ0v) is 17.4. The van der Waals surface area contributed by atoms with Gasteiger partial charge in [0.2, 0.25) is 11.8 Å². The Morgan fingerprint density at radius 2 is 2.20 bits per heavy atom. The number of unbranched alkanes of at least 4 members (excludes halogenated alkanes) is 2. The number of amides is 2. The standard InChI is InChI=1S/C24H29N3O3/c1-2-3-6-12-25-22(28)20-19-9-11-24(30-19)15-27(23(29)21(20)24)13-10-16-14-26-18-8-5-4-7-17(16)18/h4-5,7-9,11,14,19-21,26H,2-3,6,10,12-13,15H2,1H3,(H,25,28)/t19-,20-,21-,24-/m1/s1. The van der Waals surface area contributed by atoms with Crippen LogP contribution in [0.25, 0.3) is 10.9 Å². The van der Waals surface area contributed by atoms with E-state index in [0.29, 0.717) is 19.6 Å². The fourth-order valence-electron chi connectivity index (χ4n) is 5.37. The molecule has 1 spiro atoms. The molecule has 158 valence electrons. The number of para-hydroxylation sites is 1. The second kappa shape index (κ2) is 7.58. The first-order chi connectivity index (χ1) is 14.6. The molecule has 2 fully saturated rings. The Kier molecular flexibility index (Phi) is 4.89. The molecule has 6 heteroatoms. The third-order valence-electron chi connectivity index (χ3n) is 6.89. The maximum atomic E-state index is 13.3. The van der Waals surface area contributed by atoms with Crippen molar-refractivity contribution in [3.8, 4) is 0 Å². The molecule has 4 heterocycles. The molecular formula is C24H29N3O3. The highest BCUT2D eigenvalue weighted by Crippen LogP contribution is 2.51. The largest absolute Gasteiger partial charge is 0.361 e. The van der Waals surface area contributed by atoms with Crippen LogP contribution in [-0.2, 0) is 20.7 Å². The van der Waals surface area contributed by atoms with Gasteiger partial charge >= 0.3 is 0 Å². The lowest BCUT2D eigenvalue weighted by molar-refractivity contribution is -0.137. The molecule has 1 aromatic carbocycles. The van der Waals surface area contributed by atoms with Gasteiger partial charge in [0, 0.05) is 30.2 Å². The molecule has 3 aliphatic heterocycles. The second-order valence-corrected chi connectivity index (χ2v) is 8.77. The molecule has 5 rings (SSSR count). The minimum atomic E-state index is -0.632. The van der Waals surface area contributed by atoms with Crippen LogP contribution in [-0.4, -0.2) is 53.0 Å². The number of hydrogen-bond donors (Lipinski definition) is 2. The normalized spacial score (nSPS) is 29.2. The zero-order chi connectivity index (χ0) is 20.7. The smallest absolute Gasteiger partial charge is 0.230 e. The lowest BCUT2D eigenvalue weighted by atomic mass is 9.77. The molecule has 0 radical (unpaired) electrons. The number of aromatic nitrogens is 1. The maximum Gasteiger partial charge on any atom is 0.230 e. The molecule has 2 N–H and O–H groups in total. The average Bonchev–Trinajstić information content (AvgIpc) is 3.49. The van der Waals surface area contributed by atoms with Gasteiger partial charge in [-0.3, -0.25) is 9.59 Å². The molecule has 2 aromatic rings. The Bertz CT molecular complexity index is 996. The van der Waals surface area contributed by atoms with E-state index in [1.165, 1.54) is 10.9 Å². The third-order valence-corrected chi connectivity index (χ3v) is 6.89. The number of benzene rings is 1. The van der Waals surface area contributed by atoms with Crippen LogP contribution in [0.4, 0.5) is 0 Å². The minimum Gasteiger partial charge on any atom is -0.361 e. The first-order valence-corrected chi connectivity index (χ1v) is 11.1. The van der Waals surface area contributed by atoms with Crippen LogP contribution in [0.5, 0.6) is 0 Å². The van der Waals surface area contributed by atoms with Gasteiger partial charge in [-0.2, -0.15) is 0 Å². The van der Waals surface area contributed by atoms with Crippen molar-refractivity contribution in [3.05, 3.63) is 48.2 Å². The summed E-state index contributed by atoms with van der Waals surface area (Å²) in [6, 6.07) is 8.21. The highest BCUT2D eigenvalue weighted by molar-refractivity contribution is 5.93. The quantitative estimate of drug-likeness (QED) is 0.522. The number of rotatable bonds is 8. The van der Waals surface area contributed by atoms with Crippen LogP contribution >= 0.6 is 0 Å². The van der Waals surface area contributed by atoms with E-state index in [4.69, 9.17) is 4.74 Å².